The number of carbonyl (C=O) groups excluding carboxylic acids is 1. The highest BCUT2D eigenvalue weighted by Crippen LogP contribution is 2.34. The molecule has 0 unspecified atom stereocenters. The summed E-state index contributed by atoms with van der Waals surface area (Å²) < 4.78 is 5.20. The van der Waals surface area contributed by atoms with Gasteiger partial charge in [-0.1, -0.05) is 0 Å². The predicted octanol–water partition coefficient (Wildman–Crippen LogP) is -0.951. The number of hydrogen-bond acceptors (Lipinski definition) is 5. The molecule has 0 aromatic heterocycles. The molecule has 3 N–H and O–H groups in total. The van der Waals surface area contributed by atoms with Crippen molar-refractivity contribution in [3.8, 4) is 0 Å². The molecule has 0 bridgehead atoms. The van der Waals surface area contributed by atoms with E-state index in [1.54, 1.807) is 7.11 Å². The molecule has 0 aromatic carbocycles. The number of carboxylic acids is 1. The fourth-order valence-electron chi connectivity index (χ4n) is 3.18. The summed E-state index contributed by atoms with van der Waals surface area (Å²) >= 11 is 0. The molecule has 0 radical (unpaired) electrons. The Hall–Kier alpha value is -1.18. The van der Waals surface area contributed by atoms with Gasteiger partial charge < -0.3 is 25.2 Å². The number of carbonyl (C=O) groups is 2. The van der Waals surface area contributed by atoms with E-state index in [-0.39, 0.29) is 25.5 Å². The molecule has 0 aromatic rings. The highest BCUT2D eigenvalue weighted by atomic mass is 16.5. The van der Waals surface area contributed by atoms with Crippen LogP contribution in [0.15, 0.2) is 0 Å². The Labute approximate surface area is 117 Å². The summed E-state index contributed by atoms with van der Waals surface area (Å²) in [6.07, 6.45) is 0.584. The van der Waals surface area contributed by atoms with Crippen LogP contribution in [0, 0.1) is 5.41 Å². The van der Waals surface area contributed by atoms with Gasteiger partial charge in [-0.3, -0.25) is 4.79 Å². The van der Waals surface area contributed by atoms with Crippen LogP contribution in [0.5, 0.6) is 0 Å². The molecule has 2 saturated heterocycles. The van der Waals surface area contributed by atoms with Gasteiger partial charge in [0.2, 0.25) is 5.91 Å². The Balaban J connectivity index is 2.20. The average molecular weight is 286 g/mol. The van der Waals surface area contributed by atoms with Crippen molar-refractivity contribution in [2.24, 2.45) is 5.41 Å². The predicted molar refractivity (Wildman–Crippen MR) is 70.2 cm³/mol. The minimum atomic E-state index is -1.06. The molecule has 1 amide bonds. The first-order valence-electron chi connectivity index (χ1n) is 6.92. The second-order valence-electron chi connectivity index (χ2n) is 5.66. The SMILES string of the molecule is COCC1(C(=O)N2C[C@H](O)C[C@H]2C(=O)O)CCNCC1. The van der Waals surface area contributed by atoms with Gasteiger partial charge in [0.25, 0.3) is 0 Å². The normalized spacial score (nSPS) is 29.4. The third-order valence-electron chi connectivity index (χ3n) is 4.26. The smallest absolute Gasteiger partial charge is 0.326 e. The van der Waals surface area contributed by atoms with Crippen molar-refractivity contribution < 1.29 is 24.5 Å². The number of aliphatic hydroxyl groups excluding tert-OH is 1. The van der Waals surface area contributed by atoms with Gasteiger partial charge in [-0.2, -0.15) is 0 Å². The summed E-state index contributed by atoms with van der Waals surface area (Å²) in [5, 5.41) is 22.1. The van der Waals surface area contributed by atoms with E-state index < -0.39 is 23.5 Å². The number of likely N-dealkylation sites (tertiary alicyclic amines) is 1. The lowest BCUT2D eigenvalue weighted by molar-refractivity contribution is -0.156. The molecule has 0 aliphatic carbocycles. The molecule has 2 rings (SSSR count). The number of piperidine rings is 1. The van der Waals surface area contributed by atoms with Gasteiger partial charge in [0, 0.05) is 20.1 Å². The Morgan fingerprint density at radius 3 is 2.60 bits per heavy atom. The van der Waals surface area contributed by atoms with E-state index in [4.69, 9.17) is 4.74 Å². The second-order valence-corrected chi connectivity index (χ2v) is 5.66. The number of aliphatic carboxylic acids is 1. The summed E-state index contributed by atoms with van der Waals surface area (Å²) in [5.74, 6) is -1.26. The number of ether oxygens (including phenoxy) is 1. The van der Waals surface area contributed by atoms with Crippen LogP contribution in [-0.2, 0) is 14.3 Å². The van der Waals surface area contributed by atoms with Gasteiger partial charge in [0.1, 0.15) is 6.04 Å². The van der Waals surface area contributed by atoms with Crippen molar-refractivity contribution in [2.45, 2.75) is 31.4 Å². The maximum atomic E-state index is 12.8. The first-order valence-corrected chi connectivity index (χ1v) is 6.92. The van der Waals surface area contributed by atoms with E-state index in [0.29, 0.717) is 25.9 Å². The quantitative estimate of drug-likeness (QED) is 0.616. The number of nitrogens with zero attached hydrogens (tertiary/aromatic N) is 1. The van der Waals surface area contributed by atoms with Gasteiger partial charge in [0.15, 0.2) is 0 Å². The molecular formula is C13H22N2O5. The number of hydrogen-bond donors (Lipinski definition) is 3. The minimum absolute atomic E-state index is 0.0920. The molecule has 2 heterocycles. The van der Waals surface area contributed by atoms with Gasteiger partial charge in [-0.25, -0.2) is 4.79 Å². The zero-order chi connectivity index (χ0) is 14.8. The van der Waals surface area contributed by atoms with Crippen LogP contribution < -0.4 is 5.32 Å². The van der Waals surface area contributed by atoms with E-state index in [0.717, 1.165) is 0 Å². The Kier molecular flexibility index (Phi) is 4.62. The zero-order valence-corrected chi connectivity index (χ0v) is 11.7. The maximum Gasteiger partial charge on any atom is 0.326 e. The van der Waals surface area contributed by atoms with E-state index in [2.05, 4.69) is 5.32 Å². The minimum Gasteiger partial charge on any atom is -0.480 e. The first kappa shape index (κ1) is 15.2. The van der Waals surface area contributed by atoms with E-state index in [1.165, 1.54) is 4.90 Å². The average Bonchev–Trinajstić information content (AvgIpc) is 2.81. The molecular weight excluding hydrogens is 264 g/mol. The van der Waals surface area contributed by atoms with Crippen molar-refractivity contribution in [2.75, 3.05) is 33.4 Å². The van der Waals surface area contributed by atoms with Crippen LogP contribution in [-0.4, -0.2) is 72.5 Å². The number of β-amino-alcohol motifs (C(OH)–C–C–N with tert-alkyl or cyclic N) is 1. The Morgan fingerprint density at radius 2 is 2.05 bits per heavy atom. The molecule has 20 heavy (non-hydrogen) atoms. The van der Waals surface area contributed by atoms with Crippen LogP contribution in [0.25, 0.3) is 0 Å². The second kappa shape index (κ2) is 6.07. The summed E-state index contributed by atoms with van der Waals surface area (Å²) in [4.78, 5) is 25.4. The number of carboxylic acid groups (broad SMARTS) is 1. The summed E-state index contributed by atoms with van der Waals surface area (Å²) in [6.45, 7) is 1.80. The number of nitrogens with one attached hydrogen (secondary N) is 1. The number of aliphatic hydroxyl groups is 1. The van der Waals surface area contributed by atoms with Crippen molar-refractivity contribution in [1.82, 2.24) is 10.2 Å². The summed E-state index contributed by atoms with van der Waals surface area (Å²) in [5.41, 5.74) is -0.669. The fraction of sp³-hybridized carbons (Fsp3) is 0.846. The lowest BCUT2D eigenvalue weighted by Gasteiger charge is -2.39. The highest BCUT2D eigenvalue weighted by molar-refractivity contribution is 5.88. The van der Waals surface area contributed by atoms with E-state index in [9.17, 15) is 19.8 Å². The van der Waals surface area contributed by atoms with E-state index >= 15 is 0 Å². The third kappa shape index (κ3) is 2.79. The summed E-state index contributed by atoms with van der Waals surface area (Å²) in [6, 6.07) is -0.930. The van der Waals surface area contributed by atoms with Crippen molar-refractivity contribution >= 4 is 11.9 Å². The molecule has 2 atom stereocenters. The topological polar surface area (TPSA) is 99.1 Å². The monoisotopic (exact) mass is 286 g/mol. The van der Waals surface area contributed by atoms with Gasteiger partial charge in [-0.05, 0) is 25.9 Å². The van der Waals surface area contributed by atoms with Gasteiger partial charge in [0.05, 0.1) is 18.1 Å². The third-order valence-corrected chi connectivity index (χ3v) is 4.26. The number of methoxy groups -OCH3 is 1. The number of amides is 1. The van der Waals surface area contributed by atoms with Crippen LogP contribution in [0.1, 0.15) is 19.3 Å². The van der Waals surface area contributed by atoms with Crippen molar-refractivity contribution in [3.63, 3.8) is 0 Å². The van der Waals surface area contributed by atoms with Crippen LogP contribution in [0.2, 0.25) is 0 Å². The van der Waals surface area contributed by atoms with Gasteiger partial charge >= 0.3 is 5.97 Å². The molecule has 7 heteroatoms. The highest BCUT2D eigenvalue weighted by Gasteiger charge is 2.48. The van der Waals surface area contributed by atoms with Gasteiger partial charge in [-0.15, -0.1) is 0 Å². The molecule has 0 spiro atoms. The summed E-state index contributed by atoms with van der Waals surface area (Å²) in [7, 11) is 1.55. The van der Waals surface area contributed by atoms with Crippen LogP contribution in [0.3, 0.4) is 0 Å². The van der Waals surface area contributed by atoms with E-state index in [1.807, 2.05) is 0 Å². The van der Waals surface area contributed by atoms with Crippen molar-refractivity contribution in [3.05, 3.63) is 0 Å². The standard InChI is InChI=1S/C13H22N2O5/c1-20-8-13(2-4-14-5-3-13)12(19)15-7-9(16)6-10(15)11(17)18/h9-10,14,16H,2-8H2,1H3,(H,17,18)/t9-,10+/m1/s1. The molecule has 2 aliphatic heterocycles. The number of rotatable bonds is 4. The Morgan fingerprint density at radius 1 is 1.40 bits per heavy atom. The first-order chi connectivity index (χ1) is 9.50. The molecule has 7 nitrogen and oxygen atoms in total. The maximum absolute atomic E-state index is 12.8. The van der Waals surface area contributed by atoms with Crippen LogP contribution >= 0.6 is 0 Å². The fourth-order valence-corrected chi connectivity index (χ4v) is 3.18. The Bertz CT molecular complexity index is 375. The largest absolute Gasteiger partial charge is 0.480 e. The zero-order valence-electron chi connectivity index (χ0n) is 11.7. The molecule has 0 saturated carbocycles. The lowest BCUT2D eigenvalue weighted by atomic mass is 9.78. The molecule has 2 fully saturated rings. The van der Waals surface area contributed by atoms with Crippen LogP contribution in [0.4, 0.5) is 0 Å². The molecule has 2 aliphatic rings. The lowest BCUT2D eigenvalue weighted by Crippen LogP contribution is -2.54. The molecule has 114 valence electrons. The van der Waals surface area contributed by atoms with Crippen molar-refractivity contribution in [1.29, 1.82) is 0 Å².